The van der Waals surface area contributed by atoms with E-state index in [1.807, 2.05) is 5.38 Å². The van der Waals surface area contributed by atoms with E-state index in [4.69, 9.17) is 9.47 Å². The van der Waals surface area contributed by atoms with Gasteiger partial charge in [0, 0.05) is 43.1 Å². The van der Waals surface area contributed by atoms with Crippen molar-refractivity contribution in [1.82, 2.24) is 10.3 Å². The van der Waals surface area contributed by atoms with Crippen molar-refractivity contribution in [2.24, 2.45) is 5.92 Å². The molecule has 0 saturated carbocycles. The number of nitrogens with one attached hydrogen (secondary N) is 1. The van der Waals surface area contributed by atoms with Gasteiger partial charge in [-0.1, -0.05) is 0 Å². The van der Waals surface area contributed by atoms with Crippen molar-refractivity contribution in [1.29, 1.82) is 0 Å². The molecule has 1 unspecified atom stereocenters. The predicted molar refractivity (Wildman–Crippen MR) is 98.8 cm³/mol. The third-order valence-corrected chi connectivity index (χ3v) is 4.97. The highest BCUT2D eigenvalue weighted by atomic mass is 32.1. The number of methoxy groups -OCH3 is 2. The highest BCUT2D eigenvalue weighted by molar-refractivity contribution is 7.07. The number of anilines is 1. The quantitative estimate of drug-likeness (QED) is 0.799. The molecule has 2 heterocycles. The average Bonchev–Trinajstić information content (AvgIpc) is 3.30. The molecule has 0 aliphatic carbocycles. The van der Waals surface area contributed by atoms with Crippen molar-refractivity contribution in [3.8, 4) is 11.5 Å². The zero-order chi connectivity index (χ0) is 18.5. The second kappa shape index (κ2) is 8.18. The summed E-state index contributed by atoms with van der Waals surface area (Å²) in [6.07, 6.45) is 0.895. The molecule has 1 saturated heterocycles. The van der Waals surface area contributed by atoms with Crippen molar-refractivity contribution in [2.45, 2.75) is 12.8 Å². The molecule has 26 heavy (non-hydrogen) atoms. The topological polar surface area (TPSA) is 80.8 Å². The lowest BCUT2D eigenvalue weighted by Crippen LogP contribution is -2.34. The minimum atomic E-state index is -0.356. The van der Waals surface area contributed by atoms with Gasteiger partial charge in [0.05, 0.1) is 31.3 Å². The van der Waals surface area contributed by atoms with E-state index in [-0.39, 0.29) is 24.2 Å². The van der Waals surface area contributed by atoms with Gasteiger partial charge in [0.2, 0.25) is 11.8 Å². The molecule has 2 aromatic rings. The Kier molecular flexibility index (Phi) is 5.72. The number of thiazole rings is 1. The molecule has 1 N–H and O–H groups in total. The van der Waals surface area contributed by atoms with Gasteiger partial charge in [-0.2, -0.15) is 0 Å². The number of hydrogen-bond acceptors (Lipinski definition) is 6. The highest BCUT2D eigenvalue weighted by Gasteiger charge is 2.35. The molecular formula is C18H21N3O4S. The summed E-state index contributed by atoms with van der Waals surface area (Å²) in [7, 11) is 3.11. The van der Waals surface area contributed by atoms with E-state index in [0.717, 1.165) is 5.69 Å². The second-order valence-corrected chi connectivity index (χ2v) is 6.68. The van der Waals surface area contributed by atoms with Gasteiger partial charge >= 0.3 is 0 Å². The van der Waals surface area contributed by atoms with E-state index in [0.29, 0.717) is 36.7 Å². The molecule has 0 bridgehead atoms. The number of rotatable bonds is 7. The van der Waals surface area contributed by atoms with Gasteiger partial charge in [-0.15, -0.1) is 11.3 Å². The standard InChI is InChI=1S/C18H21N3O4S/c1-24-15-4-3-14(8-16(15)25-2)21-9-12(7-17(21)22)18(23)19-6-5-13-10-26-11-20-13/h3-4,8,10-12H,5-7,9H2,1-2H3,(H,19,23). The van der Waals surface area contributed by atoms with Crippen LogP contribution in [-0.4, -0.2) is 44.1 Å². The number of ether oxygens (including phenoxy) is 2. The predicted octanol–water partition coefficient (Wildman–Crippen LogP) is 1.87. The summed E-state index contributed by atoms with van der Waals surface area (Å²) in [6, 6.07) is 5.30. The Labute approximate surface area is 155 Å². The zero-order valence-corrected chi connectivity index (χ0v) is 15.5. The number of hydrogen-bond donors (Lipinski definition) is 1. The van der Waals surface area contributed by atoms with E-state index < -0.39 is 0 Å². The number of carbonyl (C=O) groups is 2. The Morgan fingerprint density at radius 1 is 1.35 bits per heavy atom. The van der Waals surface area contributed by atoms with Gasteiger partial charge in [-0.05, 0) is 12.1 Å². The summed E-state index contributed by atoms with van der Waals surface area (Å²) in [4.78, 5) is 30.5. The maximum atomic E-state index is 12.4. The van der Waals surface area contributed by atoms with Crippen LogP contribution in [-0.2, 0) is 16.0 Å². The van der Waals surface area contributed by atoms with Gasteiger partial charge in [0.1, 0.15) is 0 Å². The van der Waals surface area contributed by atoms with Crippen LogP contribution in [0.4, 0.5) is 5.69 Å². The van der Waals surface area contributed by atoms with E-state index in [9.17, 15) is 9.59 Å². The SMILES string of the molecule is COc1ccc(N2CC(C(=O)NCCc3cscn3)CC2=O)cc1OC. The van der Waals surface area contributed by atoms with Crippen molar-refractivity contribution < 1.29 is 19.1 Å². The number of amides is 2. The van der Waals surface area contributed by atoms with Gasteiger partial charge in [0.25, 0.3) is 0 Å². The summed E-state index contributed by atoms with van der Waals surface area (Å²) in [5, 5.41) is 4.86. The molecule has 3 rings (SSSR count). The molecule has 1 aliphatic heterocycles. The summed E-state index contributed by atoms with van der Waals surface area (Å²) in [5.41, 5.74) is 3.43. The number of aromatic nitrogens is 1. The molecule has 1 aliphatic rings. The van der Waals surface area contributed by atoms with Gasteiger partial charge in [-0.25, -0.2) is 4.98 Å². The summed E-state index contributed by atoms with van der Waals surface area (Å²) in [6.45, 7) is 0.875. The van der Waals surface area contributed by atoms with Crippen LogP contribution in [0.5, 0.6) is 11.5 Å². The van der Waals surface area contributed by atoms with Crippen LogP contribution in [0.3, 0.4) is 0 Å². The Morgan fingerprint density at radius 3 is 2.85 bits per heavy atom. The van der Waals surface area contributed by atoms with Crippen LogP contribution < -0.4 is 19.7 Å². The monoisotopic (exact) mass is 375 g/mol. The molecule has 0 spiro atoms. The number of benzene rings is 1. The van der Waals surface area contributed by atoms with E-state index >= 15 is 0 Å². The van der Waals surface area contributed by atoms with Crippen LogP contribution in [0.1, 0.15) is 12.1 Å². The Balaban J connectivity index is 1.60. The largest absolute Gasteiger partial charge is 0.493 e. The first-order chi connectivity index (χ1) is 12.6. The first kappa shape index (κ1) is 18.2. The fourth-order valence-corrected chi connectivity index (χ4v) is 3.54. The molecule has 7 nitrogen and oxygen atoms in total. The fraction of sp³-hybridized carbons (Fsp3) is 0.389. The van der Waals surface area contributed by atoms with E-state index in [2.05, 4.69) is 10.3 Å². The zero-order valence-electron chi connectivity index (χ0n) is 14.7. The summed E-state index contributed by atoms with van der Waals surface area (Å²) < 4.78 is 10.5. The summed E-state index contributed by atoms with van der Waals surface area (Å²) >= 11 is 1.53. The minimum absolute atomic E-state index is 0.0723. The molecular weight excluding hydrogens is 354 g/mol. The molecule has 2 amide bonds. The van der Waals surface area contributed by atoms with Crippen molar-refractivity contribution >= 4 is 28.8 Å². The summed E-state index contributed by atoms with van der Waals surface area (Å²) in [5.74, 6) is 0.618. The third-order valence-electron chi connectivity index (χ3n) is 4.34. The lowest BCUT2D eigenvalue weighted by molar-refractivity contribution is -0.126. The molecule has 138 valence electrons. The van der Waals surface area contributed by atoms with Crippen molar-refractivity contribution in [3.05, 3.63) is 34.8 Å². The number of carbonyl (C=O) groups excluding carboxylic acids is 2. The first-order valence-electron chi connectivity index (χ1n) is 8.29. The number of nitrogens with zero attached hydrogens (tertiary/aromatic N) is 2. The maximum Gasteiger partial charge on any atom is 0.227 e. The molecule has 0 radical (unpaired) electrons. The Hall–Kier alpha value is -2.61. The van der Waals surface area contributed by atoms with Crippen LogP contribution in [0.15, 0.2) is 29.1 Å². The first-order valence-corrected chi connectivity index (χ1v) is 9.23. The van der Waals surface area contributed by atoms with Crippen molar-refractivity contribution in [3.63, 3.8) is 0 Å². The lowest BCUT2D eigenvalue weighted by Gasteiger charge is -2.18. The molecule has 1 fully saturated rings. The third kappa shape index (κ3) is 3.96. The molecule has 1 aromatic carbocycles. The van der Waals surface area contributed by atoms with Crippen molar-refractivity contribution in [2.75, 3.05) is 32.2 Å². The van der Waals surface area contributed by atoms with E-state index in [1.165, 1.54) is 11.3 Å². The fourth-order valence-electron chi connectivity index (χ4n) is 2.94. The Morgan fingerprint density at radius 2 is 2.15 bits per heavy atom. The second-order valence-electron chi connectivity index (χ2n) is 5.97. The molecule has 8 heteroatoms. The average molecular weight is 375 g/mol. The van der Waals surface area contributed by atoms with Crippen LogP contribution in [0.2, 0.25) is 0 Å². The normalized spacial score (nSPS) is 16.6. The molecule has 1 aromatic heterocycles. The smallest absolute Gasteiger partial charge is 0.227 e. The van der Waals surface area contributed by atoms with E-state index in [1.54, 1.807) is 42.8 Å². The Bertz CT molecular complexity index is 779. The van der Waals surface area contributed by atoms with Crippen LogP contribution in [0, 0.1) is 5.92 Å². The highest BCUT2D eigenvalue weighted by Crippen LogP contribution is 2.34. The van der Waals surface area contributed by atoms with Gasteiger partial charge in [0.15, 0.2) is 11.5 Å². The molecule has 1 atom stereocenters. The van der Waals surface area contributed by atoms with Gasteiger partial charge in [-0.3, -0.25) is 9.59 Å². The van der Waals surface area contributed by atoms with Gasteiger partial charge < -0.3 is 19.7 Å². The van der Waals surface area contributed by atoms with Crippen LogP contribution in [0.25, 0.3) is 0 Å². The maximum absolute atomic E-state index is 12.4. The lowest BCUT2D eigenvalue weighted by atomic mass is 10.1. The minimum Gasteiger partial charge on any atom is -0.493 e. The van der Waals surface area contributed by atoms with Crippen LogP contribution >= 0.6 is 11.3 Å².